The Hall–Kier alpha value is -2.40. The number of anilines is 2. The number of ether oxygens (including phenoxy) is 2. The molecule has 0 radical (unpaired) electrons. The summed E-state index contributed by atoms with van der Waals surface area (Å²) in [5.41, 5.74) is 9.04. The van der Waals surface area contributed by atoms with Crippen molar-refractivity contribution in [2.24, 2.45) is 0 Å². The van der Waals surface area contributed by atoms with Crippen molar-refractivity contribution < 1.29 is 14.3 Å². The van der Waals surface area contributed by atoms with Crippen LogP contribution in [-0.4, -0.2) is 20.1 Å². The summed E-state index contributed by atoms with van der Waals surface area (Å²) in [4.78, 5) is 12.2. The first-order chi connectivity index (χ1) is 11.0. The molecule has 0 aromatic heterocycles. The van der Waals surface area contributed by atoms with E-state index >= 15 is 0 Å². The molecule has 24 heavy (non-hydrogen) atoms. The molecule has 0 aliphatic carbocycles. The van der Waals surface area contributed by atoms with Gasteiger partial charge in [-0.25, -0.2) is 0 Å². The number of aryl methyl sites for hydroxylation is 2. The highest BCUT2D eigenvalue weighted by Crippen LogP contribution is 2.25. The van der Waals surface area contributed by atoms with E-state index in [1.807, 2.05) is 37.3 Å². The second-order valence-corrected chi connectivity index (χ2v) is 5.30. The number of hydrogen-bond acceptors (Lipinski definition) is 4. The lowest BCUT2D eigenvalue weighted by Gasteiger charge is -2.12. The second kappa shape index (κ2) is 9.03. The highest BCUT2D eigenvalue weighted by molar-refractivity contribution is 5.92. The number of amides is 1. The number of benzene rings is 2. The van der Waals surface area contributed by atoms with Crippen LogP contribution in [0.15, 0.2) is 36.4 Å². The lowest BCUT2D eigenvalue weighted by atomic mass is 10.1. The van der Waals surface area contributed by atoms with Gasteiger partial charge in [0.25, 0.3) is 0 Å². The molecule has 5 nitrogen and oxygen atoms in total. The molecular weight excluding hydrogens is 328 g/mol. The van der Waals surface area contributed by atoms with E-state index in [0.29, 0.717) is 18.5 Å². The molecule has 0 heterocycles. The zero-order valence-corrected chi connectivity index (χ0v) is 14.9. The quantitative estimate of drug-likeness (QED) is 0.781. The van der Waals surface area contributed by atoms with E-state index in [-0.39, 0.29) is 18.3 Å². The van der Waals surface area contributed by atoms with Crippen molar-refractivity contribution in [1.29, 1.82) is 0 Å². The second-order valence-electron chi connectivity index (χ2n) is 5.30. The summed E-state index contributed by atoms with van der Waals surface area (Å²) in [6.45, 7) is 1.93. The number of hydrogen-bond donors (Lipinski definition) is 2. The minimum absolute atomic E-state index is 0. The topological polar surface area (TPSA) is 73.6 Å². The predicted molar refractivity (Wildman–Crippen MR) is 99.3 cm³/mol. The van der Waals surface area contributed by atoms with Gasteiger partial charge < -0.3 is 20.5 Å². The van der Waals surface area contributed by atoms with Crippen LogP contribution in [-0.2, 0) is 11.2 Å². The van der Waals surface area contributed by atoms with Gasteiger partial charge in [0, 0.05) is 17.8 Å². The number of halogens is 1. The van der Waals surface area contributed by atoms with Crippen molar-refractivity contribution in [3.8, 4) is 11.5 Å². The maximum absolute atomic E-state index is 12.2. The highest BCUT2D eigenvalue weighted by Gasteiger charge is 2.10. The van der Waals surface area contributed by atoms with Crippen LogP contribution >= 0.6 is 12.4 Å². The number of methoxy groups -OCH3 is 2. The molecule has 0 saturated carbocycles. The van der Waals surface area contributed by atoms with Crippen LogP contribution in [0, 0.1) is 6.92 Å². The van der Waals surface area contributed by atoms with Crippen molar-refractivity contribution in [2.45, 2.75) is 19.8 Å². The van der Waals surface area contributed by atoms with Crippen LogP contribution in [0.1, 0.15) is 17.5 Å². The molecule has 0 aliphatic rings. The first-order valence-corrected chi connectivity index (χ1v) is 7.40. The third kappa shape index (κ3) is 5.06. The number of nitrogens with two attached hydrogens (primary N) is 1. The lowest BCUT2D eigenvalue weighted by Crippen LogP contribution is -2.13. The largest absolute Gasteiger partial charge is 0.497 e. The molecule has 0 atom stereocenters. The monoisotopic (exact) mass is 350 g/mol. The molecule has 2 rings (SSSR count). The van der Waals surface area contributed by atoms with Gasteiger partial charge in [-0.05, 0) is 54.8 Å². The molecule has 130 valence electrons. The van der Waals surface area contributed by atoms with Gasteiger partial charge in [-0.15, -0.1) is 12.4 Å². The van der Waals surface area contributed by atoms with E-state index in [1.165, 1.54) is 0 Å². The van der Waals surface area contributed by atoms with Gasteiger partial charge in [-0.1, -0.05) is 6.07 Å². The molecule has 0 aliphatic heterocycles. The fraction of sp³-hybridized carbons (Fsp3) is 0.278. The predicted octanol–water partition coefficient (Wildman–Crippen LogP) is 3.59. The minimum atomic E-state index is -0.0661. The number of nitrogen functional groups attached to an aromatic ring is 1. The van der Waals surface area contributed by atoms with Crippen LogP contribution in [0.4, 0.5) is 11.4 Å². The maximum Gasteiger partial charge on any atom is 0.224 e. The van der Waals surface area contributed by atoms with E-state index in [0.717, 1.165) is 28.3 Å². The average molecular weight is 351 g/mol. The molecule has 1 amide bonds. The van der Waals surface area contributed by atoms with Crippen LogP contribution in [0.2, 0.25) is 0 Å². The Balaban J connectivity index is 0.00000288. The number of rotatable bonds is 6. The van der Waals surface area contributed by atoms with E-state index < -0.39 is 0 Å². The molecular formula is C18H23ClN2O3. The van der Waals surface area contributed by atoms with Gasteiger partial charge in [0.15, 0.2) is 0 Å². The Morgan fingerprint density at radius 2 is 1.88 bits per heavy atom. The third-order valence-electron chi connectivity index (χ3n) is 3.64. The van der Waals surface area contributed by atoms with Gasteiger partial charge in [-0.3, -0.25) is 4.79 Å². The van der Waals surface area contributed by atoms with E-state index in [4.69, 9.17) is 15.2 Å². The number of nitrogens with one attached hydrogen (secondary N) is 1. The fourth-order valence-corrected chi connectivity index (χ4v) is 2.31. The number of carbonyl (C=O) groups is 1. The summed E-state index contributed by atoms with van der Waals surface area (Å²) in [6, 6.07) is 11.0. The first-order valence-electron chi connectivity index (χ1n) is 7.40. The smallest absolute Gasteiger partial charge is 0.224 e. The zero-order valence-electron chi connectivity index (χ0n) is 14.1. The highest BCUT2D eigenvalue weighted by atomic mass is 35.5. The standard InChI is InChI=1S/C18H22N2O3.ClH/c1-12-4-6-14(19)11-16(12)20-18(21)9-5-13-10-15(22-2)7-8-17(13)23-3;/h4,6-8,10-11H,5,9,19H2,1-3H3,(H,20,21);1H. The SMILES string of the molecule is COc1ccc(OC)c(CCC(=O)Nc2cc(N)ccc2C)c1.Cl. The molecule has 0 fully saturated rings. The van der Waals surface area contributed by atoms with Crippen molar-refractivity contribution in [3.63, 3.8) is 0 Å². The third-order valence-corrected chi connectivity index (χ3v) is 3.64. The van der Waals surface area contributed by atoms with E-state index in [2.05, 4.69) is 5.32 Å². The Morgan fingerprint density at radius 3 is 2.54 bits per heavy atom. The van der Waals surface area contributed by atoms with Crippen LogP contribution in [0.25, 0.3) is 0 Å². The lowest BCUT2D eigenvalue weighted by molar-refractivity contribution is -0.116. The average Bonchev–Trinajstić information content (AvgIpc) is 2.56. The van der Waals surface area contributed by atoms with Gasteiger partial charge in [0.2, 0.25) is 5.91 Å². The summed E-state index contributed by atoms with van der Waals surface area (Å²) in [7, 11) is 3.22. The van der Waals surface area contributed by atoms with Crippen LogP contribution < -0.4 is 20.5 Å². The molecule has 0 unspecified atom stereocenters. The maximum atomic E-state index is 12.2. The molecule has 2 aromatic carbocycles. The van der Waals surface area contributed by atoms with Gasteiger partial charge in [0.05, 0.1) is 14.2 Å². The van der Waals surface area contributed by atoms with Crippen molar-refractivity contribution in [3.05, 3.63) is 47.5 Å². The number of carbonyl (C=O) groups excluding carboxylic acids is 1. The Labute approximate surface area is 148 Å². The molecule has 0 saturated heterocycles. The molecule has 0 spiro atoms. The van der Waals surface area contributed by atoms with Crippen molar-refractivity contribution in [1.82, 2.24) is 0 Å². The minimum Gasteiger partial charge on any atom is -0.497 e. The summed E-state index contributed by atoms with van der Waals surface area (Å²) < 4.78 is 10.5. The molecule has 2 aromatic rings. The molecule has 0 bridgehead atoms. The van der Waals surface area contributed by atoms with Gasteiger partial charge >= 0.3 is 0 Å². The zero-order chi connectivity index (χ0) is 16.8. The van der Waals surface area contributed by atoms with Crippen LogP contribution in [0.5, 0.6) is 11.5 Å². The molecule has 3 N–H and O–H groups in total. The Kier molecular flexibility index (Phi) is 7.39. The Bertz CT molecular complexity index is 705. The van der Waals surface area contributed by atoms with Gasteiger partial charge in [0.1, 0.15) is 11.5 Å². The fourth-order valence-electron chi connectivity index (χ4n) is 2.31. The van der Waals surface area contributed by atoms with Crippen molar-refractivity contribution in [2.75, 3.05) is 25.3 Å². The van der Waals surface area contributed by atoms with E-state index in [9.17, 15) is 4.79 Å². The summed E-state index contributed by atoms with van der Waals surface area (Å²) in [6.07, 6.45) is 0.908. The normalized spacial score (nSPS) is 9.79. The molecule has 6 heteroatoms. The van der Waals surface area contributed by atoms with Gasteiger partial charge in [-0.2, -0.15) is 0 Å². The first kappa shape index (κ1) is 19.6. The summed E-state index contributed by atoms with van der Waals surface area (Å²) >= 11 is 0. The van der Waals surface area contributed by atoms with E-state index in [1.54, 1.807) is 20.3 Å². The Morgan fingerprint density at radius 1 is 1.12 bits per heavy atom. The summed E-state index contributed by atoms with van der Waals surface area (Å²) in [5.74, 6) is 1.43. The van der Waals surface area contributed by atoms with Crippen LogP contribution in [0.3, 0.4) is 0 Å². The van der Waals surface area contributed by atoms with Crippen molar-refractivity contribution >= 4 is 29.7 Å². The summed E-state index contributed by atoms with van der Waals surface area (Å²) in [5, 5.41) is 2.90.